The summed E-state index contributed by atoms with van der Waals surface area (Å²) in [7, 11) is 17.1. The summed E-state index contributed by atoms with van der Waals surface area (Å²) in [5.74, 6) is 4.90. The number of methoxy groups -OCH3 is 8. The van der Waals surface area contributed by atoms with Gasteiger partial charge in [-0.15, -0.1) is 11.8 Å². The first-order valence-electron chi connectivity index (χ1n) is 38.4. The van der Waals surface area contributed by atoms with Crippen LogP contribution >= 0.6 is 23.5 Å². The van der Waals surface area contributed by atoms with Gasteiger partial charge in [-0.1, -0.05) is 27.0 Å². The second-order valence-corrected chi connectivity index (χ2v) is 33.8. The van der Waals surface area contributed by atoms with Crippen molar-refractivity contribution in [3.8, 4) is 69.3 Å². The van der Waals surface area contributed by atoms with Gasteiger partial charge in [0.25, 0.3) is 0 Å². The van der Waals surface area contributed by atoms with Crippen LogP contribution in [0.2, 0.25) is 0 Å². The lowest BCUT2D eigenvalue weighted by molar-refractivity contribution is -0.224. The Labute approximate surface area is 679 Å². The van der Waals surface area contributed by atoms with Crippen molar-refractivity contribution in [3.05, 3.63) is 120 Å². The number of nitrogens with one attached hydrogen (secondary N) is 2. The van der Waals surface area contributed by atoms with E-state index in [9.17, 15) is 29.5 Å². The summed E-state index contributed by atoms with van der Waals surface area (Å²) >= 11 is 3.21. The Hall–Kier alpha value is -8.61. The molecule has 14 aliphatic heterocycles. The van der Waals surface area contributed by atoms with Crippen molar-refractivity contribution in [2.45, 2.75) is 176 Å². The van der Waals surface area contributed by atoms with Crippen LogP contribution in [0.3, 0.4) is 0 Å². The molecule has 0 saturated carbocycles. The molecular weight excluding hydrogens is 1520 g/mol. The van der Waals surface area contributed by atoms with Crippen molar-refractivity contribution < 1.29 is 100 Å². The number of carbonyl (C=O) groups is 4. The minimum Gasteiger partial charge on any atom is -0.493 e. The molecule has 618 valence electrons. The first-order chi connectivity index (χ1) is 54.5. The molecule has 7 saturated heterocycles. The molecule has 1 aliphatic carbocycles. The zero-order chi connectivity index (χ0) is 79.4. The highest BCUT2D eigenvalue weighted by molar-refractivity contribution is 8.00. The fourth-order valence-corrected chi connectivity index (χ4v) is 25.4. The van der Waals surface area contributed by atoms with Crippen LogP contribution in [0.1, 0.15) is 131 Å². The number of esters is 4. The number of aliphatic hydroxyl groups is 1. The Morgan fingerprint density at radius 1 is 0.574 bits per heavy atom. The number of thioether (sulfide) groups is 2. The lowest BCUT2D eigenvalue weighted by Gasteiger charge is -2.66. The number of nitrogens with zero attached hydrogens (tertiary/aromatic N) is 5. The van der Waals surface area contributed by atoms with E-state index in [2.05, 4.69) is 62.5 Å². The van der Waals surface area contributed by atoms with Gasteiger partial charge in [-0.05, 0) is 136 Å². The molecule has 0 aromatic heterocycles. The molecule has 18 atom stereocenters. The highest BCUT2D eigenvalue weighted by atomic mass is 32.2. The Bertz CT molecular complexity index is 4850. The Morgan fingerprint density at radius 2 is 1.10 bits per heavy atom. The van der Waals surface area contributed by atoms with Crippen molar-refractivity contribution in [1.29, 1.82) is 5.26 Å². The molecular formula is C85H105N7O21S2. The second kappa shape index (κ2) is 31.0. The van der Waals surface area contributed by atoms with E-state index < -0.39 is 82.8 Å². The Balaban J connectivity index is 0.000000178. The lowest BCUT2D eigenvalue weighted by Crippen LogP contribution is -2.78. The first-order valence-corrected chi connectivity index (χ1v) is 40.5. The zero-order valence-corrected chi connectivity index (χ0v) is 68.0. The maximum absolute atomic E-state index is 14.9. The van der Waals surface area contributed by atoms with Gasteiger partial charge in [0.15, 0.2) is 75.4 Å². The van der Waals surface area contributed by atoms with Crippen molar-refractivity contribution in [2.75, 3.05) is 122 Å². The molecule has 2 spiro atoms. The Morgan fingerprint density at radius 3 is 1.65 bits per heavy atom. The fraction of sp³-hybridized carbons (Fsp3) is 0.565. The largest absolute Gasteiger partial charge is 0.493 e. The summed E-state index contributed by atoms with van der Waals surface area (Å²) in [5, 5.41) is 30.3. The van der Waals surface area contributed by atoms with E-state index >= 15 is 0 Å². The molecule has 115 heavy (non-hydrogen) atoms. The van der Waals surface area contributed by atoms with Crippen molar-refractivity contribution in [1.82, 2.24) is 30.2 Å². The molecule has 14 heterocycles. The van der Waals surface area contributed by atoms with E-state index in [0.29, 0.717) is 119 Å². The molecule has 3 N–H and O–H groups in total. The number of aliphatic hydroxyl groups excluding tert-OH is 1. The standard InChI is InChI=1S/C42H46N4O10S.C41H51N3O11S.2CH4/c1-19-11-23-12-25-26(15-43)46-27-16-53-41(48)42(24-14-29(50-6)28(49-5)13-22(24)9-10-44-42)17-57-40(34(46)33(45(25)4)30(23)38(52-8)35(19)51-7)32-31(27)39-37(54-18-55-39)20(2)36(32)56-21(3)47;1-18-11-22-12-24-39(46)44-25-15-52-40(47)41(23-14-27(49-6)26(48-5)13-21(23)9-10-42-41)16-56-38(32(44)31(43(24)4)28(22)36(51-8)33(18)50-7)30-29(25)37-35(53-17-54-37)19(2)34(30)55-20(3)45;;/h11,13-14,25-27,33-34,40,44H,9-10,12,16-18H2,1-8H3;11,13-14,24-25,29-32,34,37-39,42,46H,9-10,12,15-17H2,1-8H3;2*1H4/t25-,26-,27-,33+,34?,40+,42+;24-,25-,29?,30?,31+,32?,34?,37?,38+,39-,41+;;/m00../s1. The minimum atomic E-state index is -1.28. The highest BCUT2D eigenvalue weighted by Crippen LogP contribution is 2.67. The van der Waals surface area contributed by atoms with Crippen molar-refractivity contribution >= 4 is 47.4 Å². The predicted octanol–water partition coefficient (Wildman–Crippen LogP) is 8.70. The first kappa shape index (κ1) is 81.5. The van der Waals surface area contributed by atoms with Crippen LogP contribution in [0.15, 0.2) is 47.7 Å². The summed E-state index contributed by atoms with van der Waals surface area (Å²) in [6, 6.07) is 10.9. The molecule has 28 nitrogen and oxygen atoms in total. The number of benzene rings is 5. The normalized spacial score (nSPS) is 31.5. The van der Waals surface area contributed by atoms with E-state index in [0.717, 1.165) is 66.8 Å². The summed E-state index contributed by atoms with van der Waals surface area (Å²) in [6.07, 6.45) is 0.421. The molecule has 8 bridgehead atoms. The third kappa shape index (κ3) is 12.1. The quantitative estimate of drug-likeness (QED) is 0.0669. The molecule has 0 radical (unpaired) electrons. The Kier molecular flexibility index (Phi) is 22.0. The molecule has 6 unspecified atom stereocenters. The van der Waals surface area contributed by atoms with E-state index in [1.165, 1.54) is 13.8 Å². The number of aryl methyl sites for hydroxylation is 2. The number of fused-ring (bicyclic) bond motifs is 18. The van der Waals surface area contributed by atoms with Crippen LogP contribution < -0.4 is 62.7 Å². The summed E-state index contributed by atoms with van der Waals surface area (Å²) in [6.45, 7) is 11.6. The van der Waals surface area contributed by atoms with Gasteiger partial charge in [-0.3, -0.25) is 39.8 Å². The number of ether oxygens (including phenoxy) is 16. The van der Waals surface area contributed by atoms with Crippen molar-refractivity contribution in [3.63, 3.8) is 0 Å². The van der Waals surface area contributed by atoms with E-state index in [1.807, 2.05) is 52.0 Å². The molecule has 20 rings (SSSR count). The molecule has 7 fully saturated rings. The third-order valence-electron chi connectivity index (χ3n) is 26.4. The third-order valence-corrected chi connectivity index (χ3v) is 29.5. The van der Waals surface area contributed by atoms with Gasteiger partial charge in [0, 0.05) is 107 Å². The van der Waals surface area contributed by atoms with Crippen LogP contribution in [0.4, 0.5) is 0 Å². The number of nitriles is 1. The van der Waals surface area contributed by atoms with Crippen LogP contribution in [0.25, 0.3) is 0 Å². The molecule has 5 aromatic carbocycles. The summed E-state index contributed by atoms with van der Waals surface area (Å²) < 4.78 is 97.8. The number of piperidine rings is 1. The fourth-order valence-electron chi connectivity index (χ4n) is 21.8. The maximum atomic E-state index is 14.9. The molecule has 30 heteroatoms. The van der Waals surface area contributed by atoms with Gasteiger partial charge in [0.05, 0.1) is 98.4 Å². The van der Waals surface area contributed by atoms with Gasteiger partial charge in [-0.2, -0.15) is 17.0 Å². The second-order valence-electron chi connectivity index (χ2n) is 31.5. The average Bonchev–Trinajstić information content (AvgIpc) is 1.43. The molecule has 15 aliphatic rings. The van der Waals surface area contributed by atoms with Gasteiger partial charge in [-0.25, -0.2) is 9.59 Å². The van der Waals surface area contributed by atoms with E-state index in [1.54, 1.807) is 80.4 Å². The van der Waals surface area contributed by atoms with Crippen LogP contribution in [-0.2, 0) is 79.6 Å². The van der Waals surface area contributed by atoms with Gasteiger partial charge in [0.1, 0.15) is 49.2 Å². The number of likely N-dealkylation sites (N-methyl/N-ethyl adjacent to an activating group) is 2. The topological polar surface area (TPSA) is 297 Å². The predicted molar refractivity (Wildman–Crippen MR) is 425 cm³/mol. The monoisotopic (exact) mass is 1620 g/mol. The lowest BCUT2D eigenvalue weighted by atomic mass is 9.62. The number of carbonyl (C=O) groups excluding carboxylic acids is 4. The van der Waals surface area contributed by atoms with E-state index in [4.69, 9.17) is 75.8 Å². The molecule has 5 aromatic rings. The zero-order valence-electron chi connectivity index (χ0n) is 66.4. The number of rotatable bonds is 10. The smallest absolute Gasteiger partial charge is 0.331 e. The maximum Gasteiger partial charge on any atom is 0.331 e. The minimum absolute atomic E-state index is 0. The average molecular weight is 1620 g/mol. The SMILES string of the molecule is C.C.COc1cc2c(cc1OC)[C@@]1(CS[C@@H]3C4C(OC(C)=O)C(C)=C5OCOC5C4[C@H](COC1=O)N1C3[C@H]3c4c(cc(C)c(OC)c4OC)C[C@@H]([C@@H]1O)N3C)NCC2.COc1cc2c(cc1OC)[C@@]1(CS[C@@H]3c4c(OC(C)=O)c(C)c5c(c4[C@H](COC1=O)N1C3[C@H]3c4c(cc(C)c(OC)c4OC)C[C@@H]([C@@H]1C#N)N3C)OCO5)NCC2. The number of piperazine rings is 2. The van der Waals surface area contributed by atoms with Crippen LogP contribution in [0.5, 0.6) is 63.2 Å². The van der Waals surface area contributed by atoms with Crippen LogP contribution in [-0.4, -0.2) is 231 Å². The van der Waals surface area contributed by atoms with Gasteiger partial charge in [0.2, 0.25) is 6.79 Å². The van der Waals surface area contributed by atoms with E-state index in [-0.39, 0.29) is 100 Å². The van der Waals surface area contributed by atoms with Gasteiger partial charge < -0.3 is 80.9 Å². The highest BCUT2D eigenvalue weighted by Gasteiger charge is 2.69. The number of hydrogen-bond donors (Lipinski definition) is 3. The summed E-state index contributed by atoms with van der Waals surface area (Å²) in [4.78, 5) is 64.8. The molecule has 0 amide bonds. The summed E-state index contributed by atoms with van der Waals surface area (Å²) in [5.41, 5.74) is 9.89. The number of hydrogen-bond acceptors (Lipinski definition) is 30. The van der Waals surface area contributed by atoms with Gasteiger partial charge >= 0.3 is 23.9 Å². The van der Waals surface area contributed by atoms with Crippen molar-refractivity contribution in [2.24, 2.45) is 11.8 Å². The van der Waals surface area contributed by atoms with Crippen LogP contribution in [0, 0.1) is 43.9 Å².